The largest absolute Gasteiger partial charge is 0.469 e. The molecule has 0 aromatic heterocycles. The van der Waals surface area contributed by atoms with Crippen molar-refractivity contribution in [1.29, 1.82) is 0 Å². The summed E-state index contributed by atoms with van der Waals surface area (Å²) in [4.78, 5) is 21.8. The van der Waals surface area contributed by atoms with Crippen molar-refractivity contribution in [3.63, 3.8) is 0 Å². The van der Waals surface area contributed by atoms with Crippen molar-refractivity contribution in [1.82, 2.24) is 0 Å². The van der Waals surface area contributed by atoms with E-state index in [0.29, 0.717) is 0 Å². The van der Waals surface area contributed by atoms with Crippen LogP contribution in [0.1, 0.15) is 58.9 Å². The van der Waals surface area contributed by atoms with Crippen LogP contribution < -0.4 is 0 Å². The third-order valence-corrected chi connectivity index (χ3v) is 4.06. The van der Waals surface area contributed by atoms with Crippen molar-refractivity contribution in [2.24, 2.45) is 5.92 Å². The van der Waals surface area contributed by atoms with Gasteiger partial charge in [-0.3, -0.25) is 9.59 Å². The summed E-state index contributed by atoms with van der Waals surface area (Å²) in [6, 6.07) is 0. The number of halogens is 2. The minimum Gasteiger partial charge on any atom is -0.469 e. The van der Waals surface area contributed by atoms with Crippen LogP contribution in [-0.2, 0) is 9.53 Å². The van der Waals surface area contributed by atoms with E-state index in [1.54, 1.807) is 0 Å². The third-order valence-electron chi connectivity index (χ3n) is 4.06. The smallest absolute Gasteiger partial charge is 0.302 e. The molecule has 23 heavy (non-hydrogen) atoms. The Bertz CT molecular complexity index is 521. The van der Waals surface area contributed by atoms with Crippen molar-refractivity contribution in [2.45, 2.75) is 55.4 Å². The van der Waals surface area contributed by atoms with E-state index in [4.69, 9.17) is 0 Å². The van der Waals surface area contributed by atoms with Gasteiger partial charge in [0.1, 0.15) is 0 Å². The van der Waals surface area contributed by atoms with Crippen molar-refractivity contribution in [3.8, 4) is 0 Å². The van der Waals surface area contributed by atoms with E-state index < -0.39 is 0 Å². The number of esters is 1. The van der Waals surface area contributed by atoms with Gasteiger partial charge in [0, 0.05) is 55.6 Å². The first kappa shape index (κ1) is 25.1. The lowest BCUT2D eigenvalue weighted by Crippen LogP contribution is -2.14. The molecule has 1 aromatic carbocycles. The number of hydrogen-bond acceptors (Lipinski definition) is 3. The van der Waals surface area contributed by atoms with E-state index in [1.165, 1.54) is 30.7 Å². The van der Waals surface area contributed by atoms with Crippen LogP contribution >= 0.6 is 37.2 Å². The van der Waals surface area contributed by atoms with E-state index in [9.17, 15) is 9.59 Å². The van der Waals surface area contributed by atoms with Crippen LogP contribution in [-0.4, -0.2) is 18.9 Å². The number of carbonyl (C=O) groups excluding carboxylic acids is 2. The summed E-state index contributed by atoms with van der Waals surface area (Å²) in [6.07, 6.45) is 0. The van der Waals surface area contributed by atoms with Gasteiger partial charge in [0.25, 0.3) is 0 Å². The quantitative estimate of drug-likeness (QED) is 0.259. The zero-order chi connectivity index (χ0) is 18.9. The van der Waals surface area contributed by atoms with Crippen LogP contribution in [0.2, 0.25) is 0 Å². The number of ether oxygens (including phenoxy) is 1. The number of rotatable bonds is 2. The first-order chi connectivity index (χ1) is 10.6. The zero-order valence-electron chi connectivity index (χ0n) is 15.6. The molecule has 0 spiro atoms. The van der Waals surface area contributed by atoms with Gasteiger partial charge >= 0.3 is 5.97 Å². The van der Waals surface area contributed by atoms with Crippen LogP contribution in [0.5, 0.6) is 0 Å². The van der Waals surface area contributed by atoms with Gasteiger partial charge < -0.3 is 4.74 Å². The van der Waals surface area contributed by atoms with Crippen LogP contribution in [0.4, 0.5) is 0 Å². The molecule has 0 amide bonds. The van der Waals surface area contributed by atoms with Crippen LogP contribution in [0, 0.1) is 40.5 Å². The highest BCUT2D eigenvalue weighted by Gasteiger charge is 2.19. The summed E-state index contributed by atoms with van der Waals surface area (Å²) in [5, 5.41) is 0. The summed E-state index contributed by atoms with van der Waals surface area (Å²) in [6.45, 7) is 15.8. The maximum absolute atomic E-state index is 12.2. The van der Waals surface area contributed by atoms with Gasteiger partial charge in [0.05, 0.1) is 7.11 Å². The van der Waals surface area contributed by atoms with Crippen molar-refractivity contribution in [3.05, 3.63) is 33.4 Å². The molecule has 1 rings (SSSR count). The number of hydrogen-bond donors (Lipinski definition) is 0. The summed E-state index contributed by atoms with van der Waals surface area (Å²) >= 11 is 4.24. The molecule has 0 saturated carbocycles. The van der Waals surface area contributed by atoms with Gasteiger partial charge in [0.15, 0.2) is 5.78 Å². The Morgan fingerprint density at radius 2 is 1.09 bits per heavy atom. The molecule has 0 aliphatic rings. The lowest BCUT2D eigenvalue weighted by molar-refractivity contribution is -0.137. The van der Waals surface area contributed by atoms with Gasteiger partial charge in [-0.25, -0.2) is 0 Å². The average molecular weight is 546 g/mol. The number of carbonyl (C=O) groups is 2. The second kappa shape index (κ2) is 12.2. The standard InChI is InChI=1S/C15H22O.C3H6O2.I2/c1-8(2)15(16)14-12(6)10(4)9(3)11(5)13(14)7;1-3(4)5-2;1-2/h8H,1-7H3;1-2H3;. The third kappa shape index (κ3) is 7.49. The molecule has 5 heteroatoms. The molecule has 132 valence electrons. The molecule has 0 atom stereocenters. The molecule has 0 unspecified atom stereocenters. The average Bonchev–Trinajstić information content (AvgIpc) is 2.53. The van der Waals surface area contributed by atoms with Crippen LogP contribution in [0.3, 0.4) is 0 Å². The fourth-order valence-corrected chi connectivity index (χ4v) is 2.16. The normalized spacial score (nSPS) is 9.39. The molecular weight excluding hydrogens is 518 g/mol. The molecular formula is C18H28I2O3. The molecule has 0 heterocycles. The van der Waals surface area contributed by atoms with E-state index in [1.807, 2.05) is 13.8 Å². The van der Waals surface area contributed by atoms with Crippen LogP contribution in [0.25, 0.3) is 0 Å². The maximum atomic E-state index is 12.2. The topological polar surface area (TPSA) is 43.4 Å². The Morgan fingerprint density at radius 3 is 1.30 bits per heavy atom. The fourth-order valence-electron chi connectivity index (χ4n) is 2.16. The maximum Gasteiger partial charge on any atom is 0.302 e. The molecule has 1 aromatic rings. The Morgan fingerprint density at radius 1 is 0.826 bits per heavy atom. The van der Waals surface area contributed by atoms with E-state index in [2.05, 4.69) is 76.6 Å². The van der Waals surface area contributed by atoms with E-state index >= 15 is 0 Å². The molecule has 0 N–H and O–H groups in total. The molecule has 0 radical (unpaired) electrons. The number of Topliss-reactive ketones (excluding diaryl/α,β-unsaturated/α-hetero) is 1. The fraction of sp³-hybridized carbons (Fsp3) is 0.556. The van der Waals surface area contributed by atoms with Gasteiger partial charge in [-0.05, 0) is 62.4 Å². The van der Waals surface area contributed by atoms with E-state index in [0.717, 1.165) is 16.7 Å². The lowest BCUT2D eigenvalue weighted by atomic mass is 9.85. The summed E-state index contributed by atoms with van der Waals surface area (Å²) in [5.41, 5.74) is 7.07. The molecule has 0 saturated heterocycles. The minimum atomic E-state index is -0.245. The summed E-state index contributed by atoms with van der Waals surface area (Å²) < 4.78 is 4.11. The van der Waals surface area contributed by atoms with Gasteiger partial charge in [-0.2, -0.15) is 0 Å². The zero-order valence-corrected chi connectivity index (χ0v) is 19.9. The van der Waals surface area contributed by atoms with E-state index in [-0.39, 0.29) is 17.7 Å². The van der Waals surface area contributed by atoms with Gasteiger partial charge in [-0.15, -0.1) is 0 Å². The molecule has 0 aliphatic heterocycles. The highest BCUT2D eigenvalue weighted by molar-refractivity contribution is 15.0. The highest BCUT2D eigenvalue weighted by Crippen LogP contribution is 2.27. The number of methoxy groups -OCH3 is 1. The van der Waals surface area contributed by atoms with Crippen LogP contribution in [0.15, 0.2) is 0 Å². The number of benzene rings is 1. The monoisotopic (exact) mass is 546 g/mol. The predicted octanol–water partition coefficient (Wildman–Crippen LogP) is 6.02. The molecule has 0 bridgehead atoms. The summed E-state index contributed by atoms with van der Waals surface area (Å²) in [7, 11) is 1.35. The first-order valence-electron chi connectivity index (χ1n) is 7.36. The highest BCUT2D eigenvalue weighted by atomic mass is 128. The molecule has 3 nitrogen and oxygen atoms in total. The lowest BCUT2D eigenvalue weighted by Gasteiger charge is -2.18. The van der Waals surface area contributed by atoms with Gasteiger partial charge in [-0.1, -0.05) is 13.8 Å². The predicted molar refractivity (Wildman–Crippen MR) is 115 cm³/mol. The second-order valence-electron chi connectivity index (χ2n) is 5.71. The molecule has 0 fully saturated rings. The van der Waals surface area contributed by atoms with Crippen molar-refractivity contribution < 1.29 is 14.3 Å². The first-order valence-corrected chi connectivity index (χ1v) is 13.6. The van der Waals surface area contributed by atoms with Gasteiger partial charge in [0.2, 0.25) is 0 Å². The Hall–Kier alpha value is -0.180. The Balaban J connectivity index is 0. The van der Waals surface area contributed by atoms with Crippen molar-refractivity contribution in [2.75, 3.05) is 7.11 Å². The Kier molecular flexibility index (Phi) is 13.3. The summed E-state index contributed by atoms with van der Waals surface area (Å²) in [5.74, 6) is 0.0881. The minimum absolute atomic E-state index is 0.0684. The van der Waals surface area contributed by atoms with Crippen molar-refractivity contribution >= 4 is 49.0 Å². The second-order valence-corrected chi connectivity index (χ2v) is 5.71. The SMILES string of the molecule is COC(C)=O.Cc1c(C)c(C)c(C(=O)C(C)C)c(C)c1C.II. The number of ketones is 1. The Labute approximate surface area is 164 Å². The molecule has 0 aliphatic carbocycles.